The molecule has 0 spiro atoms. The number of rotatable bonds is 2. The molecule has 1 aliphatic heterocycles. The first kappa shape index (κ1) is 21.7. The summed E-state index contributed by atoms with van der Waals surface area (Å²) in [6.45, 7) is 2.77. The molecule has 2 aromatic carbocycles. The quantitative estimate of drug-likeness (QED) is 0.487. The van der Waals surface area contributed by atoms with Gasteiger partial charge >= 0.3 is 6.18 Å². The van der Waals surface area contributed by atoms with Crippen LogP contribution in [0.15, 0.2) is 24.3 Å². The van der Waals surface area contributed by atoms with Gasteiger partial charge in [0.25, 0.3) is 0 Å². The number of benzene rings is 2. The third-order valence-electron chi connectivity index (χ3n) is 5.93. The van der Waals surface area contributed by atoms with Crippen molar-refractivity contribution in [2.45, 2.75) is 49.9 Å². The zero-order chi connectivity index (χ0) is 22.9. The summed E-state index contributed by atoms with van der Waals surface area (Å²) in [5, 5.41) is 26.1. The molecule has 0 aromatic heterocycles. The van der Waals surface area contributed by atoms with Crippen LogP contribution in [0.25, 0.3) is 0 Å². The van der Waals surface area contributed by atoms with E-state index in [1.165, 1.54) is 32.0 Å². The topological polar surface area (TPSA) is 81.6 Å². The molecule has 5 nitrogen and oxygen atoms in total. The van der Waals surface area contributed by atoms with Crippen LogP contribution < -0.4 is 10.6 Å². The first-order valence-electron chi connectivity index (χ1n) is 9.44. The molecule has 31 heavy (non-hydrogen) atoms. The minimum absolute atomic E-state index is 0.0566. The second kappa shape index (κ2) is 6.74. The van der Waals surface area contributed by atoms with E-state index in [0.29, 0.717) is 11.3 Å². The van der Waals surface area contributed by atoms with E-state index in [-0.39, 0.29) is 29.1 Å². The minimum atomic E-state index is -5.05. The molecule has 2 atom stereocenters. The first-order chi connectivity index (χ1) is 14.2. The number of nitrogens with one attached hydrogen (secondary N) is 2. The number of aliphatic hydroxyl groups is 1. The molecule has 10 heteroatoms. The van der Waals surface area contributed by atoms with E-state index in [4.69, 9.17) is 11.6 Å². The molecule has 4 N–H and O–H groups in total. The highest BCUT2D eigenvalue weighted by Crippen LogP contribution is 2.57. The van der Waals surface area contributed by atoms with Gasteiger partial charge in [-0.15, -0.1) is 0 Å². The average molecular weight is 459 g/mol. The lowest BCUT2D eigenvalue weighted by molar-refractivity contribution is -0.276. The van der Waals surface area contributed by atoms with Crippen LogP contribution in [-0.2, 0) is 16.6 Å². The molecule has 166 valence electrons. The maximum Gasteiger partial charge on any atom is 0.419 e. The fourth-order valence-electron chi connectivity index (χ4n) is 4.64. The summed E-state index contributed by atoms with van der Waals surface area (Å²) in [6.07, 6.45) is -5.81. The highest BCUT2D eigenvalue weighted by atomic mass is 35.5. The van der Waals surface area contributed by atoms with Gasteiger partial charge in [-0.25, -0.2) is 4.39 Å². The van der Waals surface area contributed by atoms with E-state index in [9.17, 15) is 32.6 Å². The van der Waals surface area contributed by atoms with E-state index in [0.717, 1.165) is 6.07 Å². The van der Waals surface area contributed by atoms with E-state index < -0.39 is 46.2 Å². The molecule has 2 aliphatic rings. The number of halogens is 5. The van der Waals surface area contributed by atoms with Crippen molar-refractivity contribution in [1.29, 1.82) is 0 Å². The SMILES string of the molecule is CC1(C)CC(O)(C(F)(F)F)C(Nc2ccc3c(c2)CC(=O)N3)c2cc(Cl)c(F)c(O)c21. The van der Waals surface area contributed by atoms with Crippen molar-refractivity contribution in [3.63, 3.8) is 0 Å². The fourth-order valence-corrected chi connectivity index (χ4v) is 4.85. The summed E-state index contributed by atoms with van der Waals surface area (Å²) < 4.78 is 56.8. The van der Waals surface area contributed by atoms with Gasteiger partial charge in [0.1, 0.15) is 0 Å². The van der Waals surface area contributed by atoms with Crippen LogP contribution in [0.1, 0.15) is 43.0 Å². The summed E-state index contributed by atoms with van der Waals surface area (Å²) in [5.74, 6) is -2.21. The van der Waals surface area contributed by atoms with Gasteiger partial charge in [-0.1, -0.05) is 25.4 Å². The zero-order valence-corrected chi connectivity index (χ0v) is 17.2. The lowest BCUT2D eigenvalue weighted by atomic mass is 9.63. The summed E-state index contributed by atoms with van der Waals surface area (Å²) in [6, 6.07) is 3.72. The highest BCUT2D eigenvalue weighted by Gasteiger charge is 2.64. The van der Waals surface area contributed by atoms with Crippen molar-refractivity contribution in [2.24, 2.45) is 0 Å². The van der Waals surface area contributed by atoms with E-state index in [2.05, 4.69) is 10.6 Å². The number of carbonyl (C=O) groups is 1. The van der Waals surface area contributed by atoms with Crippen LogP contribution >= 0.6 is 11.6 Å². The predicted molar refractivity (Wildman–Crippen MR) is 107 cm³/mol. The number of phenolic OH excluding ortho intramolecular Hbond substituents is 1. The molecular formula is C21H19ClF4N2O3. The zero-order valence-electron chi connectivity index (χ0n) is 16.5. The lowest BCUT2D eigenvalue weighted by Crippen LogP contribution is -2.58. The first-order valence-corrected chi connectivity index (χ1v) is 9.82. The van der Waals surface area contributed by atoms with E-state index >= 15 is 0 Å². The van der Waals surface area contributed by atoms with Crippen molar-refractivity contribution in [3.8, 4) is 5.75 Å². The van der Waals surface area contributed by atoms with Gasteiger partial charge in [0, 0.05) is 16.9 Å². The van der Waals surface area contributed by atoms with Gasteiger partial charge in [-0.05, 0) is 47.2 Å². The number of anilines is 2. The molecule has 2 aromatic rings. The molecule has 1 heterocycles. The number of aromatic hydroxyl groups is 1. The average Bonchev–Trinajstić information content (AvgIpc) is 3.00. The van der Waals surface area contributed by atoms with Gasteiger partial charge in [0.2, 0.25) is 5.91 Å². The number of phenols is 1. The molecular weight excluding hydrogens is 440 g/mol. The Morgan fingerprint density at radius 1 is 1.26 bits per heavy atom. The summed E-state index contributed by atoms with van der Waals surface area (Å²) >= 11 is 5.84. The van der Waals surface area contributed by atoms with Crippen molar-refractivity contribution >= 4 is 28.9 Å². The van der Waals surface area contributed by atoms with Gasteiger partial charge in [-0.2, -0.15) is 13.2 Å². The molecule has 4 rings (SSSR count). The smallest absolute Gasteiger partial charge is 0.419 e. The maximum atomic E-state index is 14.3. The highest BCUT2D eigenvalue weighted by molar-refractivity contribution is 6.31. The Morgan fingerprint density at radius 3 is 2.58 bits per heavy atom. The Balaban J connectivity index is 1.89. The van der Waals surface area contributed by atoms with Crippen molar-refractivity contribution in [3.05, 3.63) is 51.8 Å². The van der Waals surface area contributed by atoms with Crippen LogP contribution in [-0.4, -0.2) is 27.9 Å². The number of fused-ring (bicyclic) bond motifs is 2. The number of carbonyl (C=O) groups excluding carboxylic acids is 1. The van der Waals surface area contributed by atoms with E-state index in [1.54, 1.807) is 0 Å². The second-order valence-corrected chi connectivity index (χ2v) is 9.05. The normalized spacial score (nSPS) is 24.4. The number of amides is 1. The number of alkyl halides is 3. The summed E-state index contributed by atoms with van der Waals surface area (Å²) in [4.78, 5) is 11.6. The second-order valence-electron chi connectivity index (χ2n) is 8.64. The number of hydrogen-bond donors (Lipinski definition) is 4. The van der Waals surface area contributed by atoms with Gasteiger partial charge in [0.05, 0.1) is 17.5 Å². The Bertz CT molecular complexity index is 1100. The van der Waals surface area contributed by atoms with Crippen molar-refractivity contribution < 1.29 is 32.6 Å². The largest absolute Gasteiger partial charge is 0.505 e. The predicted octanol–water partition coefficient (Wildman–Crippen LogP) is 4.81. The van der Waals surface area contributed by atoms with E-state index in [1.807, 2.05) is 0 Å². The van der Waals surface area contributed by atoms with Gasteiger partial charge in [0.15, 0.2) is 17.2 Å². The third-order valence-corrected chi connectivity index (χ3v) is 6.21. The standard InChI is InChI=1S/C21H19ClF4N2O3/c1-19(2)8-20(31,21(24,25)26)18(11-7-12(22)16(23)17(30)15(11)19)27-10-3-4-13-9(5-10)6-14(29)28-13/h3-5,7,18,27,30-31H,6,8H2,1-2H3,(H,28,29). The van der Waals surface area contributed by atoms with Gasteiger partial charge < -0.3 is 20.8 Å². The lowest BCUT2D eigenvalue weighted by Gasteiger charge is -2.49. The molecule has 0 saturated heterocycles. The van der Waals surface area contributed by atoms with Crippen LogP contribution in [0.3, 0.4) is 0 Å². The number of hydrogen-bond acceptors (Lipinski definition) is 4. The summed E-state index contributed by atoms with van der Waals surface area (Å²) in [7, 11) is 0. The maximum absolute atomic E-state index is 14.3. The van der Waals surface area contributed by atoms with Crippen LogP contribution in [0.5, 0.6) is 5.75 Å². The van der Waals surface area contributed by atoms with Gasteiger partial charge in [-0.3, -0.25) is 4.79 Å². The summed E-state index contributed by atoms with van der Waals surface area (Å²) in [5.41, 5.74) is -3.52. The Hall–Kier alpha value is -2.52. The Kier molecular flexibility index (Phi) is 4.72. The van der Waals surface area contributed by atoms with Crippen molar-refractivity contribution in [1.82, 2.24) is 0 Å². The Morgan fingerprint density at radius 2 is 1.94 bits per heavy atom. The molecule has 0 radical (unpaired) electrons. The molecule has 0 bridgehead atoms. The molecule has 1 amide bonds. The molecule has 0 saturated carbocycles. The van der Waals surface area contributed by atoms with Crippen LogP contribution in [0.2, 0.25) is 5.02 Å². The fraction of sp³-hybridized carbons (Fsp3) is 0.381. The third kappa shape index (κ3) is 3.30. The monoisotopic (exact) mass is 458 g/mol. The molecule has 0 fully saturated rings. The molecule has 2 unspecified atom stereocenters. The van der Waals surface area contributed by atoms with Crippen molar-refractivity contribution in [2.75, 3.05) is 10.6 Å². The minimum Gasteiger partial charge on any atom is -0.505 e. The Labute approximate surface area is 180 Å². The van der Waals surface area contributed by atoms with Crippen LogP contribution in [0, 0.1) is 5.82 Å². The van der Waals surface area contributed by atoms with Crippen LogP contribution in [0.4, 0.5) is 28.9 Å². The molecule has 1 aliphatic carbocycles.